The molecule has 0 aliphatic carbocycles. The van der Waals surface area contributed by atoms with Crippen LogP contribution in [0.25, 0.3) is 10.8 Å². The summed E-state index contributed by atoms with van der Waals surface area (Å²) < 4.78 is 13.7. The topological polar surface area (TPSA) is 62.2 Å². The number of aliphatic carboxylic acids is 1. The number of halogens is 1. The predicted molar refractivity (Wildman–Crippen MR) is 76.2 cm³/mol. The summed E-state index contributed by atoms with van der Waals surface area (Å²) in [4.78, 5) is 15.4. The molecule has 0 aliphatic heterocycles. The SMILES string of the molecule is CC(C)CC(Nc1nccc2c(F)cccc12)C(=O)O. The van der Waals surface area contributed by atoms with Crippen LogP contribution in [0.5, 0.6) is 0 Å². The number of nitrogens with one attached hydrogen (secondary N) is 1. The Labute approximate surface area is 116 Å². The van der Waals surface area contributed by atoms with E-state index in [1.165, 1.54) is 12.3 Å². The highest BCUT2D eigenvalue weighted by Crippen LogP contribution is 2.24. The first-order valence-corrected chi connectivity index (χ1v) is 6.51. The molecule has 0 aliphatic rings. The first kappa shape index (κ1) is 14.2. The van der Waals surface area contributed by atoms with Crippen molar-refractivity contribution in [2.24, 2.45) is 5.92 Å². The van der Waals surface area contributed by atoms with Crippen LogP contribution in [0.2, 0.25) is 0 Å². The molecule has 1 unspecified atom stereocenters. The van der Waals surface area contributed by atoms with Crippen LogP contribution in [0.4, 0.5) is 10.2 Å². The molecule has 2 aromatic rings. The van der Waals surface area contributed by atoms with Crippen molar-refractivity contribution < 1.29 is 14.3 Å². The number of aromatic nitrogens is 1. The second kappa shape index (κ2) is 5.86. The van der Waals surface area contributed by atoms with Gasteiger partial charge in [-0.2, -0.15) is 0 Å². The number of anilines is 1. The van der Waals surface area contributed by atoms with Crippen LogP contribution >= 0.6 is 0 Å². The molecule has 0 saturated heterocycles. The zero-order valence-electron chi connectivity index (χ0n) is 11.4. The summed E-state index contributed by atoms with van der Waals surface area (Å²) in [5, 5.41) is 13.2. The van der Waals surface area contributed by atoms with Crippen molar-refractivity contribution in [3.8, 4) is 0 Å². The Morgan fingerprint density at radius 2 is 2.10 bits per heavy atom. The summed E-state index contributed by atoms with van der Waals surface area (Å²) in [6, 6.07) is 5.52. The van der Waals surface area contributed by atoms with Crippen molar-refractivity contribution in [2.45, 2.75) is 26.3 Å². The Kier molecular flexibility index (Phi) is 4.17. The third-order valence-corrected chi connectivity index (χ3v) is 3.07. The van der Waals surface area contributed by atoms with Crippen LogP contribution < -0.4 is 5.32 Å². The molecular formula is C15H17FN2O2. The lowest BCUT2D eigenvalue weighted by Gasteiger charge is -2.18. The molecule has 0 bridgehead atoms. The molecule has 2 rings (SSSR count). The van der Waals surface area contributed by atoms with Gasteiger partial charge in [-0.1, -0.05) is 26.0 Å². The monoisotopic (exact) mass is 276 g/mol. The lowest BCUT2D eigenvalue weighted by atomic mass is 10.0. The van der Waals surface area contributed by atoms with E-state index in [-0.39, 0.29) is 11.7 Å². The lowest BCUT2D eigenvalue weighted by Crippen LogP contribution is -2.31. The summed E-state index contributed by atoms with van der Waals surface area (Å²) in [7, 11) is 0. The van der Waals surface area contributed by atoms with E-state index >= 15 is 0 Å². The maximum absolute atomic E-state index is 13.7. The molecule has 0 saturated carbocycles. The van der Waals surface area contributed by atoms with Gasteiger partial charge in [0.1, 0.15) is 17.7 Å². The number of hydrogen-bond donors (Lipinski definition) is 2. The smallest absolute Gasteiger partial charge is 0.326 e. The third-order valence-electron chi connectivity index (χ3n) is 3.07. The molecule has 0 spiro atoms. The number of carboxylic acids is 1. The molecule has 1 aromatic heterocycles. The van der Waals surface area contributed by atoms with E-state index in [4.69, 9.17) is 0 Å². The van der Waals surface area contributed by atoms with Crippen molar-refractivity contribution in [3.63, 3.8) is 0 Å². The van der Waals surface area contributed by atoms with Crippen LogP contribution in [0.3, 0.4) is 0 Å². The van der Waals surface area contributed by atoms with Crippen molar-refractivity contribution in [3.05, 3.63) is 36.3 Å². The Morgan fingerprint density at radius 1 is 1.35 bits per heavy atom. The van der Waals surface area contributed by atoms with Crippen LogP contribution in [-0.4, -0.2) is 22.1 Å². The molecule has 1 atom stereocenters. The molecule has 0 amide bonds. The molecule has 1 heterocycles. The summed E-state index contributed by atoms with van der Waals surface area (Å²) >= 11 is 0. The van der Waals surface area contributed by atoms with Gasteiger partial charge >= 0.3 is 5.97 Å². The van der Waals surface area contributed by atoms with Crippen molar-refractivity contribution in [1.82, 2.24) is 4.98 Å². The van der Waals surface area contributed by atoms with Crippen LogP contribution in [0, 0.1) is 11.7 Å². The largest absolute Gasteiger partial charge is 0.480 e. The maximum Gasteiger partial charge on any atom is 0.326 e. The zero-order valence-corrected chi connectivity index (χ0v) is 11.4. The van der Waals surface area contributed by atoms with Gasteiger partial charge in [-0.05, 0) is 24.5 Å². The van der Waals surface area contributed by atoms with Gasteiger partial charge in [-0.25, -0.2) is 14.2 Å². The minimum Gasteiger partial charge on any atom is -0.480 e. The van der Waals surface area contributed by atoms with Gasteiger partial charge < -0.3 is 10.4 Å². The van der Waals surface area contributed by atoms with Gasteiger partial charge in [-0.15, -0.1) is 0 Å². The van der Waals surface area contributed by atoms with E-state index in [1.807, 2.05) is 13.8 Å². The first-order chi connectivity index (χ1) is 9.49. The normalized spacial score (nSPS) is 12.6. The number of benzene rings is 1. The average Bonchev–Trinajstić information content (AvgIpc) is 2.38. The Morgan fingerprint density at radius 3 is 2.75 bits per heavy atom. The van der Waals surface area contributed by atoms with Crippen LogP contribution in [0.15, 0.2) is 30.5 Å². The number of hydrogen-bond acceptors (Lipinski definition) is 3. The van der Waals surface area contributed by atoms with Crippen LogP contribution in [0.1, 0.15) is 20.3 Å². The van der Waals surface area contributed by atoms with Crippen LogP contribution in [-0.2, 0) is 4.79 Å². The molecule has 106 valence electrons. The van der Waals surface area contributed by atoms with Crippen molar-refractivity contribution >= 4 is 22.6 Å². The van der Waals surface area contributed by atoms with E-state index in [2.05, 4.69) is 10.3 Å². The second-order valence-corrected chi connectivity index (χ2v) is 5.16. The predicted octanol–water partition coefficient (Wildman–Crippen LogP) is 3.29. The lowest BCUT2D eigenvalue weighted by molar-refractivity contribution is -0.138. The first-order valence-electron chi connectivity index (χ1n) is 6.51. The summed E-state index contributed by atoms with van der Waals surface area (Å²) in [6.07, 6.45) is 1.95. The highest BCUT2D eigenvalue weighted by Gasteiger charge is 2.20. The second-order valence-electron chi connectivity index (χ2n) is 5.16. The molecule has 20 heavy (non-hydrogen) atoms. The number of rotatable bonds is 5. The summed E-state index contributed by atoms with van der Waals surface area (Å²) in [5.41, 5.74) is 0. The van der Waals surface area contributed by atoms with Gasteiger partial charge in [0.2, 0.25) is 0 Å². The average molecular weight is 276 g/mol. The standard InChI is InChI=1S/C15H17FN2O2/c1-9(2)8-13(15(19)20)18-14-11-4-3-5-12(16)10(11)6-7-17-14/h3-7,9,13H,8H2,1-2H3,(H,17,18)(H,19,20). The number of pyridine rings is 1. The molecule has 0 fully saturated rings. The van der Waals surface area contributed by atoms with Gasteiger partial charge in [0, 0.05) is 17.0 Å². The molecule has 5 heteroatoms. The molecule has 4 nitrogen and oxygen atoms in total. The van der Waals surface area contributed by atoms with E-state index in [1.54, 1.807) is 18.2 Å². The zero-order chi connectivity index (χ0) is 14.7. The minimum absolute atomic E-state index is 0.232. The fraction of sp³-hybridized carbons (Fsp3) is 0.333. The molecule has 1 aromatic carbocycles. The van der Waals surface area contributed by atoms with Gasteiger partial charge in [0.15, 0.2) is 0 Å². The highest BCUT2D eigenvalue weighted by molar-refractivity contribution is 5.93. The molecule has 2 N–H and O–H groups in total. The summed E-state index contributed by atoms with van der Waals surface area (Å²) in [5.74, 6) is -0.650. The van der Waals surface area contributed by atoms with Gasteiger partial charge in [-0.3, -0.25) is 0 Å². The Balaban J connectivity index is 2.37. The molecular weight excluding hydrogens is 259 g/mol. The quantitative estimate of drug-likeness (QED) is 0.879. The maximum atomic E-state index is 13.7. The van der Waals surface area contributed by atoms with E-state index in [0.29, 0.717) is 23.0 Å². The Hall–Kier alpha value is -2.17. The van der Waals surface area contributed by atoms with Crippen molar-refractivity contribution in [2.75, 3.05) is 5.32 Å². The number of nitrogens with zero attached hydrogens (tertiary/aromatic N) is 1. The fourth-order valence-corrected chi connectivity index (χ4v) is 2.14. The van der Waals surface area contributed by atoms with E-state index in [9.17, 15) is 14.3 Å². The third kappa shape index (κ3) is 3.04. The highest BCUT2D eigenvalue weighted by atomic mass is 19.1. The number of carboxylic acid groups (broad SMARTS) is 1. The Bertz CT molecular complexity index is 628. The van der Waals surface area contributed by atoms with Gasteiger partial charge in [0.25, 0.3) is 0 Å². The van der Waals surface area contributed by atoms with Crippen molar-refractivity contribution in [1.29, 1.82) is 0 Å². The van der Waals surface area contributed by atoms with Gasteiger partial charge in [0.05, 0.1) is 0 Å². The fourth-order valence-electron chi connectivity index (χ4n) is 2.14. The number of fused-ring (bicyclic) bond motifs is 1. The number of carbonyl (C=O) groups is 1. The summed E-state index contributed by atoms with van der Waals surface area (Å²) in [6.45, 7) is 3.90. The van der Waals surface area contributed by atoms with E-state index < -0.39 is 12.0 Å². The molecule has 0 radical (unpaired) electrons. The minimum atomic E-state index is -0.936. The van der Waals surface area contributed by atoms with E-state index in [0.717, 1.165) is 0 Å².